The second kappa shape index (κ2) is 14.7. The van der Waals surface area contributed by atoms with E-state index in [1.165, 1.54) is 10.8 Å². The Morgan fingerprint density at radius 1 is 0.600 bits per heavy atom. The second-order valence-corrected chi connectivity index (χ2v) is 12.7. The van der Waals surface area contributed by atoms with E-state index < -0.39 is 33.6 Å². The van der Waals surface area contributed by atoms with Crippen LogP contribution in [0.1, 0.15) is 23.6 Å². The van der Waals surface area contributed by atoms with Gasteiger partial charge in [-0.25, -0.2) is 4.21 Å². The van der Waals surface area contributed by atoms with Gasteiger partial charge in [-0.05, 0) is 46.5 Å². The molecule has 5 rings (SSSR count). The molecule has 2 unspecified atom stereocenters. The lowest BCUT2D eigenvalue weighted by molar-refractivity contribution is -0.242. The molecule has 0 radical (unpaired) electrons. The Morgan fingerprint density at radius 3 is 1.48 bits per heavy atom. The van der Waals surface area contributed by atoms with Crippen LogP contribution < -0.4 is 0 Å². The van der Waals surface area contributed by atoms with Crippen LogP contribution in [0.3, 0.4) is 0 Å². The average Bonchev–Trinajstić information content (AvgIpc) is 3.01. The van der Waals surface area contributed by atoms with Crippen molar-refractivity contribution < 1.29 is 23.2 Å². The van der Waals surface area contributed by atoms with Gasteiger partial charge in [-0.1, -0.05) is 109 Å². The van der Waals surface area contributed by atoms with Crippen molar-refractivity contribution in [2.75, 3.05) is 0 Å². The standard InChI is InChI=1S/C33H34O5S2/c1-25-30(35-22-26-14-6-2-7-15-26)31(36-23-27-16-8-3-9-17-27)32(37-24-28-18-10-4-11-19-28)33(38-25)39-40(34)29-20-12-5-13-21-29/h2-21,25,30-33H,22-24H2,1H3/t25-,30-,31+,32+,33?,40?/m0/s1. The summed E-state index contributed by atoms with van der Waals surface area (Å²) >= 11 is 0. The van der Waals surface area contributed by atoms with E-state index in [4.69, 9.17) is 18.9 Å². The average molecular weight is 575 g/mol. The molecule has 1 saturated heterocycles. The highest BCUT2D eigenvalue weighted by Crippen LogP contribution is 2.37. The van der Waals surface area contributed by atoms with Crippen LogP contribution in [0.2, 0.25) is 0 Å². The van der Waals surface area contributed by atoms with Gasteiger partial charge in [0, 0.05) is 4.90 Å². The van der Waals surface area contributed by atoms with Crippen LogP contribution in [-0.4, -0.2) is 34.1 Å². The zero-order valence-corrected chi connectivity index (χ0v) is 24.0. The largest absolute Gasteiger partial charge is 0.368 e. The van der Waals surface area contributed by atoms with Gasteiger partial charge in [-0.3, -0.25) is 0 Å². The molecule has 0 aliphatic carbocycles. The molecule has 208 valence electrons. The first-order valence-electron chi connectivity index (χ1n) is 13.4. The summed E-state index contributed by atoms with van der Waals surface area (Å²) in [7, 11) is -0.0969. The van der Waals surface area contributed by atoms with E-state index in [2.05, 4.69) is 0 Å². The first kappa shape index (κ1) is 28.7. The Labute approximate surface area is 242 Å². The fourth-order valence-corrected chi connectivity index (χ4v) is 7.49. The summed E-state index contributed by atoms with van der Waals surface area (Å²) in [5.74, 6) is 0. The summed E-state index contributed by atoms with van der Waals surface area (Å²) < 4.78 is 39.6. The lowest BCUT2D eigenvalue weighted by Crippen LogP contribution is -2.58. The Kier molecular flexibility index (Phi) is 10.6. The van der Waals surface area contributed by atoms with Gasteiger partial charge in [0.15, 0.2) is 0 Å². The van der Waals surface area contributed by atoms with Gasteiger partial charge in [-0.2, -0.15) is 0 Å². The highest BCUT2D eigenvalue weighted by atomic mass is 33.1. The third-order valence-electron chi connectivity index (χ3n) is 6.70. The van der Waals surface area contributed by atoms with Crippen molar-refractivity contribution in [3.8, 4) is 0 Å². The van der Waals surface area contributed by atoms with Crippen LogP contribution in [0, 0.1) is 0 Å². The second-order valence-electron chi connectivity index (χ2n) is 9.64. The molecule has 1 heterocycles. The Hall–Kier alpha value is -2.78. The van der Waals surface area contributed by atoms with Crippen LogP contribution >= 0.6 is 10.8 Å². The molecule has 4 aromatic rings. The van der Waals surface area contributed by atoms with Gasteiger partial charge in [0.2, 0.25) is 0 Å². The van der Waals surface area contributed by atoms with Crippen LogP contribution in [-0.2, 0) is 48.6 Å². The van der Waals surface area contributed by atoms with E-state index in [1.807, 2.05) is 128 Å². The van der Waals surface area contributed by atoms with E-state index in [0.717, 1.165) is 21.6 Å². The summed E-state index contributed by atoms with van der Waals surface area (Å²) in [5, 5.41) is 0. The minimum absolute atomic E-state index is 0.314. The molecule has 7 heteroatoms. The molecular formula is C33H34O5S2. The van der Waals surface area contributed by atoms with Gasteiger partial charge < -0.3 is 18.9 Å². The van der Waals surface area contributed by atoms with Crippen molar-refractivity contribution >= 4 is 20.6 Å². The predicted octanol–water partition coefficient (Wildman–Crippen LogP) is 6.94. The number of ether oxygens (including phenoxy) is 4. The zero-order chi connectivity index (χ0) is 27.6. The Bertz CT molecular complexity index is 1310. The molecule has 0 aromatic heterocycles. The summed E-state index contributed by atoms with van der Waals surface area (Å²) in [4.78, 5) is 0.731. The molecule has 1 fully saturated rings. The first-order chi connectivity index (χ1) is 19.7. The molecule has 4 aromatic carbocycles. The van der Waals surface area contributed by atoms with E-state index in [0.29, 0.717) is 19.8 Å². The molecule has 5 nitrogen and oxygen atoms in total. The topological polar surface area (TPSA) is 54.0 Å². The van der Waals surface area contributed by atoms with E-state index in [9.17, 15) is 4.21 Å². The molecule has 1 aliphatic rings. The van der Waals surface area contributed by atoms with Gasteiger partial charge >= 0.3 is 0 Å². The van der Waals surface area contributed by atoms with Crippen LogP contribution in [0.5, 0.6) is 0 Å². The molecular weight excluding hydrogens is 540 g/mol. The number of rotatable bonds is 12. The highest BCUT2D eigenvalue weighted by molar-refractivity contribution is 8.69. The number of hydrogen-bond donors (Lipinski definition) is 0. The summed E-state index contributed by atoms with van der Waals surface area (Å²) in [6.45, 7) is 3.17. The third kappa shape index (κ3) is 7.91. The highest BCUT2D eigenvalue weighted by Gasteiger charge is 2.47. The summed E-state index contributed by atoms with van der Waals surface area (Å²) in [6.07, 6.45) is -1.70. The zero-order valence-electron chi connectivity index (χ0n) is 22.4. The predicted molar refractivity (Wildman–Crippen MR) is 160 cm³/mol. The van der Waals surface area contributed by atoms with Gasteiger partial charge in [0.1, 0.15) is 33.6 Å². The van der Waals surface area contributed by atoms with Crippen LogP contribution in [0.15, 0.2) is 126 Å². The maximum Gasteiger partial charge on any atom is 0.145 e. The molecule has 0 N–H and O–H groups in total. The Morgan fingerprint density at radius 2 is 1.00 bits per heavy atom. The lowest BCUT2D eigenvalue weighted by Gasteiger charge is -2.44. The van der Waals surface area contributed by atoms with E-state index in [1.54, 1.807) is 0 Å². The van der Waals surface area contributed by atoms with Crippen molar-refractivity contribution in [1.82, 2.24) is 0 Å². The minimum atomic E-state index is -1.35. The smallest absolute Gasteiger partial charge is 0.145 e. The lowest BCUT2D eigenvalue weighted by atomic mass is 9.99. The molecule has 1 aliphatic heterocycles. The maximum absolute atomic E-state index is 13.4. The van der Waals surface area contributed by atoms with Crippen LogP contribution in [0.25, 0.3) is 0 Å². The number of hydrogen-bond acceptors (Lipinski definition) is 6. The molecule has 6 atom stereocenters. The molecule has 0 spiro atoms. The molecule has 0 bridgehead atoms. The third-order valence-corrected chi connectivity index (χ3v) is 9.77. The molecule has 40 heavy (non-hydrogen) atoms. The maximum atomic E-state index is 13.4. The normalized spacial score (nSPS) is 23.5. The SMILES string of the molecule is C[C@@H]1OC(SS(=O)c2ccccc2)[C@H](OCc2ccccc2)[C@H](OCc2ccccc2)[C@H]1OCc1ccccc1. The first-order valence-corrected chi connectivity index (χ1v) is 16.0. The summed E-state index contributed by atoms with van der Waals surface area (Å²) in [5.41, 5.74) is 2.64. The molecule has 0 saturated carbocycles. The van der Waals surface area contributed by atoms with Gasteiger partial charge in [0.25, 0.3) is 0 Å². The van der Waals surface area contributed by atoms with Crippen molar-refractivity contribution in [2.24, 2.45) is 0 Å². The van der Waals surface area contributed by atoms with Crippen molar-refractivity contribution in [2.45, 2.75) is 61.5 Å². The summed E-state index contributed by atoms with van der Waals surface area (Å²) in [6, 6.07) is 39.6. The molecule has 0 amide bonds. The van der Waals surface area contributed by atoms with Crippen LogP contribution in [0.4, 0.5) is 0 Å². The Balaban J connectivity index is 1.41. The minimum Gasteiger partial charge on any atom is -0.368 e. The van der Waals surface area contributed by atoms with E-state index in [-0.39, 0.29) is 6.10 Å². The van der Waals surface area contributed by atoms with Crippen molar-refractivity contribution in [3.05, 3.63) is 138 Å². The van der Waals surface area contributed by atoms with E-state index >= 15 is 0 Å². The quantitative estimate of drug-likeness (QED) is 0.171. The monoisotopic (exact) mass is 574 g/mol. The number of benzene rings is 4. The van der Waals surface area contributed by atoms with Crippen molar-refractivity contribution in [3.63, 3.8) is 0 Å². The van der Waals surface area contributed by atoms with Gasteiger partial charge in [0.05, 0.1) is 25.9 Å². The van der Waals surface area contributed by atoms with Gasteiger partial charge in [-0.15, -0.1) is 0 Å². The fraction of sp³-hybridized carbons (Fsp3) is 0.273. The fourth-order valence-electron chi connectivity index (χ4n) is 4.62. The van der Waals surface area contributed by atoms with Crippen molar-refractivity contribution in [1.29, 1.82) is 0 Å².